The summed E-state index contributed by atoms with van der Waals surface area (Å²) < 4.78 is 15.6. The van der Waals surface area contributed by atoms with Crippen molar-refractivity contribution in [3.8, 4) is 11.5 Å². The van der Waals surface area contributed by atoms with Crippen LogP contribution >= 0.6 is 0 Å². The number of aryl methyl sites for hydroxylation is 1. The van der Waals surface area contributed by atoms with Gasteiger partial charge in [-0.25, -0.2) is 0 Å². The molecule has 19 heavy (non-hydrogen) atoms. The summed E-state index contributed by atoms with van der Waals surface area (Å²) in [6.45, 7) is 4.15. The minimum absolute atomic E-state index is 0.154. The van der Waals surface area contributed by atoms with Crippen molar-refractivity contribution >= 4 is 5.97 Å². The van der Waals surface area contributed by atoms with Gasteiger partial charge >= 0.3 is 5.97 Å². The molecule has 5 heteroatoms. The molecular weight excluding hydrogens is 246 g/mol. The molecule has 5 nitrogen and oxygen atoms in total. The normalized spacial score (nSPS) is 11.8. The summed E-state index contributed by atoms with van der Waals surface area (Å²) in [7, 11) is 3.14. The van der Waals surface area contributed by atoms with E-state index < -0.39 is 5.92 Å². The van der Waals surface area contributed by atoms with E-state index in [1.165, 1.54) is 0 Å². The Hall–Kier alpha value is -1.75. The topological polar surface area (TPSA) is 70.8 Å². The van der Waals surface area contributed by atoms with Crippen LogP contribution < -0.4 is 15.2 Å². The summed E-state index contributed by atoms with van der Waals surface area (Å²) in [4.78, 5) is 11.9. The summed E-state index contributed by atoms with van der Waals surface area (Å²) in [6, 6.07) is 3.61. The zero-order valence-electron chi connectivity index (χ0n) is 11.9. The fourth-order valence-corrected chi connectivity index (χ4v) is 1.94. The van der Waals surface area contributed by atoms with Gasteiger partial charge in [-0.15, -0.1) is 0 Å². The van der Waals surface area contributed by atoms with Gasteiger partial charge in [0.05, 0.1) is 26.7 Å². The molecule has 1 atom stereocenters. The highest BCUT2D eigenvalue weighted by Gasteiger charge is 2.25. The first kappa shape index (κ1) is 15.3. The molecule has 0 radical (unpaired) electrons. The van der Waals surface area contributed by atoms with Gasteiger partial charge in [-0.2, -0.15) is 0 Å². The van der Waals surface area contributed by atoms with E-state index in [-0.39, 0.29) is 12.5 Å². The third kappa shape index (κ3) is 3.38. The van der Waals surface area contributed by atoms with Crippen molar-refractivity contribution in [1.82, 2.24) is 0 Å². The summed E-state index contributed by atoms with van der Waals surface area (Å²) in [5.41, 5.74) is 7.31. The Morgan fingerprint density at radius 3 is 2.37 bits per heavy atom. The molecule has 0 saturated heterocycles. The molecule has 0 aliphatic carbocycles. The first-order valence-corrected chi connectivity index (χ1v) is 6.18. The third-order valence-electron chi connectivity index (χ3n) is 2.93. The Labute approximate surface area is 113 Å². The van der Waals surface area contributed by atoms with Crippen molar-refractivity contribution in [3.05, 3.63) is 23.3 Å². The van der Waals surface area contributed by atoms with Gasteiger partial charge in [0, 0.05) is 12.1 Å². The molecule has 2 N–H and O–H groups in total. The number of hydrogen-bond acceptors (Lipinski definition) is 5. The fraction of sp³-hybridized carbons (Fsp3) is 0.500. The molecule has 0 aliphatic rings. The van der Waals surface area contributed by atoms with E-state index in [1.54, 1.807) is 27.2 Å². The zero-order valence-corrected chi connectivity index (χ0v) is 11.9. The maximum Gasteiger partial charge on any atom is 0.314 e. The lowest BCUT2D eigenvalue weighted by Crippen LogP contribution is -2.24. The molecule has 0 bridgehead atoms. The number of carbonyl (C=O) groups is 1. The second-order valence-corrected chi connectivity index (χ2v) is 4.10. The molecule has 106 valence electrons. The van der Waals surface area contributed by atoms with E-state index in [0.29, 0.717) is 23.7 Å². The minimum Gasteiger partial charge on any atom is -0.496 e. The lowest BCUT2D eigenvalue weighted by Gasteiger charge is -2.19. The van der Waals surface area contributed by atoms with Crippen LogP contribution in [-0.2, 0) is 9.53 Å². The predicted molar refractivity (Wildman–Crippen MR) is 72.7 cm³/mol. The molecule has 0 saturated carbocycles. The van der Waals surface area contributed by atoms with Crippen LogP contribution in [0.4, 0.5) is 0 Å². The highest BCUT2D eigenvalue weighted by Crippen LogP contribution is 2.33. The molecule has 0 aromatic heterocycles. The van der Waals surface area contributed by atoms with Gasteiger partial charge in [-0.1, -0.05) is 0 Å². The highest BCUT2D eigenvalue weighted by atomic mass is 16.5. The fourth-order valence-electron chi connectivity index (χ4n) is 1.94. The van der Waals surface area contributed by atoms with Crippen molar-refractivity contribution in [2.45, 2.75) is 19.8 Å². The minimum atomic E-state index is -0.551. The van der Waals surface area contributed by atoms with Gasteiger partial charge in [0.1, 0.15) is 11.5 Å². The van der Waals surface area contributed by atoms with Gasteiger partial charge in [-0.3, -0.25) is 4.79 Å². The Morgan fingerprint density at radius 1 is 1.26 bits per heavy atom. The maximum atomic E-state index is 11.9. The largest absolute Gasteiger partial charge is 0.496 e. The van der Waals surface area contributed by atoms with Crippen molar-refractivity contribution < 1.29 is 19.0 Å². The van der Waals surface area contributed by atoms with Crippen LogP contribution in [0.5, 0.6) is 11.5 Å². The zero-order chi connectivity index (χ0) is 14.4. The van der Waals surface area contributed by atoms with E-state index in [2.05, 4.69) is 0 Å². The van der Waals surface area contributed by atoms with E-state index in [1.807, 2.05) is 13.0 Å². The molecule has 0 fully saturated rings. The van der Waals surface area contributed by atoms with Crippen molar-refractivity contribution in [1.29, 1.82) is 0 Å². The number of esters is 1. The Morgan fingerprint density at radius 2 is 1.89 bits per heavy atom. The first-order valence-electron chi connectivity index (χ1n) is 6.18. The van der Waals surface area contributed by atoms with Gasteiger partial charge < -0.3 is 19.9 Å². The number of carbonyl (C=O) groups excluding carboxylic acids is 1. The van der Waals surface area contributed by atoms with Crippen LogP contribution in [0.2, 0.25) is 0 Å². The van der Waals surface area contributed by atoms with Gasteiger partial charge in [-0.05, 0) is 31.5 Å². The number of rotatable bonds is 6. The second kappa shape index (κ2) is 6.99. The number of ether oxygens (including phenoxy) is 3. The summed E-state index contributed by atoms with van der Waals surface area (Å²) in [5.74, 6) is 0.402. The summed E-state index contributed by atoms with van der Waals surface area (Å²) in [6.07, 6.45) is 0. The number of methoxy groups -OCH3 is 2. The lowest BCUT2D eigenvalue weighted by molar-refractivity contribution is -0.144. The van der Waals surface area contributed by atoms with E-state index in [9.17, 15) is 4.79 Å². The van der Waals surface area contributed by atoms with E-state index in [0.717, 1.165) is 5.56 Å². The monoisotopic (exact) mass is 267 g/mol. The summed E-state index contributed by atoms with van der Waals surface area (Å²) in [5, 5.41) is 0. The molecule has 0 spiro atoms. The number of benzene rings is 1. The predicted octanol–water partition coefficient (Wildman–Crippen LogP) is 1.62. The van der Waals surface area contributed by atoms with Crippen molar-refractivity contribution in [2.24, 2.45) is 5.73 Å². The van der Waals surface area contributed by atoms with Crippen molar-refractivity contribution in [2.75, 3.05) is 27.4 Å². The first-order chi connectivity index (χ1) is 9.08. The lowest BCUT2D eigenvalue weighted by atomic mass is 9.96. The quantitative estimate of drug-likeness (QED) is 0.793. The van der Waals surface area contributed by atoms with Crippen LogP contribution in [-0.4, -0.2) is 33.3 Å². The second-order valence-electron chi connectivity index (χ2n) is 4.10. The number of hydrogen-bond donors (Lipinski definition) is 1. The molecular formula is C14H21NO4. The Balaban J connectivity index is 3.24. The van der Waals surface area contributed by atoms with E-state index in [4.69, 9.17) is 19.9 Å². The molecule has 0 aliphatic heterocycles. The molecule has 1 aromatic rings. The molecule has 1 rings (SSSR count). The molecule has 0 amide bonds. The Bertz CT molecular complexity index is 445. The van der Waals surface area contributed by atoms with Crippen LogP contribution in [0.25, 0.3) is 0 Å². The van der Waals surface area contributed by atoms with Gasteiger partial charge in [0.25, 0.3) is 0 Å². The molecule has 0 heterocycles. The van der Waals surface area contributed by atoms with Crippen LogP contribution in [0, 0.1) is 6.92 Å². The molecule has 1 unspecified atom stereocenters. The van der Waals surface area contributed by atoms with Gasteiger partial charge in [0.15, 0.2) is 0 Å². The van der Waals surface area contributed by atoms with Crippen LogP contribution in [0.1, 0.15) is 24.0 Å². The van der Waals surface area contributed by atoms with Crippen molar-refractivity contribution in [3.63, 3.8) is 0 Å². The van der Waals surface area contributed by atoms with Gasteiger partial charge in [0.2, 0.25) is 0 Å². The Kier molecular flexibility index (Phi) is 5.63. The SMILES string of the molecule is CCOC(=O)C(CN)c1cc(OC)c(C)cc1OC. The summed E-state index contributed by atoms with van der Waals surface area (Å²) >= 11 is 0. The number of nitrogens with two attached hydrogens (primary N) is 1. The third-order valence-corrected chi connectivity index (χ3v) is 2.93. The van der Waals surface area contributed by atoms with Crippen LogP contribution in [0.15, 0.2) is 12.1 Å². The maximum absolute atomic E-state index is 11.9. The van der Waals surface area contributed by atoms with Crippen LogP contribution in [0.3, 0.4) is 0 Å². The standard InChI is InChI=1S/C14H21NO4/c1-5-19-14(16)11(8-15)10-7-12(17-3)9(2)6-13(10)18-4/h6-7,11H,5,8,15H2,1-4H3. The average molecular weight is 267 g/mol. The molecule has 1 aromatic carbocycles. The smallest absolute Gasteiger partial charge is 0.314 e. The highest BCUT2D eigenvalue weighted by molar-refractivity contribution is 5.80. The average Bonchev–Trinajstić information content (AvgIpc) is 2.40. The van der Waals surface area contributed by atoms with E-state index >= 15 is 0 Å².